The van der Waals surface area contributed by atoms with Crippen molar-refractivity contribution >= 4 is 10.8 Å². The highest BCUT2D eigenvalue weighted by molar-refractivity contribution is 5.87. The van der Waals surface area contributed by atoms with E-state index in [1.54, 1.807) is 0 Å². The van der Waals surface area contributed by atoms with Gasteiger partial charge in [-0.05, 0) is 29.8 Å². The Morgan fingerprint density at radius 2 is 2.00 bits per heavy atom. The van der Waals surface area contributed by atoms with Crippen LogP contribution in [0.5, 0.6) is 5.75 Å². The van der Waals surface area contributed by atoms with Crippen molar-refractivity contribution in [1.29, 1.82) is 0 Å². The molecule has 0 spiro atoms. The van der Waals surface area contributed by atoms with E-state index in [0.29, 0.717) is 6.61 Å². The highest BCUT2D eigenvalue weighted by Crippen LogP contribution is 2.28. The summed E-state index contributed by atoms with van der Waals surface area (Å²) in [5.74, 6) is 3.42. The van der Waals surface area contributed by atoms with E-state index < -0.39 is 0 Å². The minimum absolute atomic E-state index is 0.307. The van der Waals surface area contributed by atoms with Gasteiger partial charge in [0.15, 0.2) is 0 Å². The fourth-order valence-corrected chi connectivity index (χ4v) is 2.47. The summed E-state index contributed by atoms with van der Waals surface area (Å²) < 4.78 is 5.70. The van der Waals surface area contributed by atoms with Crippen molar-refractivity contribution in [3.8, 4) is 18.1 Å². The number of ether oxygens (including phenoxy) is 1. The van der Waals surface area contributed by atoms with Crippen LogP contribution in [0, 0.1) is 12.3 Å². The van der Waals surface area contributed by atoms with Gasteiger partial charge >= 0.3 is 0 Å². The van der Waals surface area contributed by atoms with Gasteiger partial charge in [0.25, 0.3) is 0 Å². The zero-order valence-corrected chi connectivity index (χ0v) is 12.7. The van der Waals surface area contributed by atoms with Crippen molar-refractivity contribution in [3.63, 3.8) is 0 Å². The number of nitrogens with one attached hydrogen (secondary N) is 1. The van der Waals surface area contributed by atoms with E-state index in [1.807, 2.05) is 6.07 Å². The first kappa shape index (κ1) is 15.4. The molecule has 0 atom stereocenters. The Labute approximate surface area is 127 Å². The zero-order chi connectivity index (χ0) is 14.9. The Hall–Kier alpha value is -1.98. The van der Waals surface area contributed by atoms with Gasteiger partial charge in [-0.3, -0.25) is 0 Å². The van der Waals surface area contributed by atoms with Gasteiger partial charge in [-0.15, -0.1) is 6.42 Å². The highest BCUT2D eigenvalue weighted by atomic mass is 16.5. The van der Waals surface area contributed by atoms with Crippen LogP contribution in [0.15, 0.2) is 36.4 Å². The molecule has 2 nitrogen and oxygen atoms in total. The molecule has 0 fully saturated rings. The van der Waals surface area contributed by atoms with Crippen LogP contribution in [0.1, 0.15) is 31.7 Å². The second-order valence-corrected chi connectivity index (χ2v) is 5.14. The van der Waals surface area contributed by atoms with Gasteiger partial charge in [-0.2, -0.15) is 0 Å². The average molecular weight is 281 g/mol. The molecule has 0 saturated carbocycles. The monoisotopic (exact) mass is 281 g/mol. The Bertz CT molecular complexity index is 612. The molecule has 2 aromatic carbocycles. The van der Waals surface area contributed by atoms with Gasteiger partial charge in [-0.1, -0.05) is 56.0 Å². The van der Waals surface area contributed by atoms with E-state index in [9.17, 15) is 0 Å². The van der Waals surface area contributed by atoms with Crippen molar-refractivity contribution in [2.24, 2.45) is 0 Å². The van der Waals surface area contributed by atoms with Crippen molar-refractivity contribution in [1.82, 2.24) is 5.32 Å². The van der Waals surface area contributed by atoms with Gasteiger partial charge in [0.05, 0.1) is 0 Å². The minimum atomic E-state index is 0.307. The average Bonchev–Trinajstić information content (AvgIpc) is 2.53. The Morgan fingerprint density at radius 3 is 2.81 bits per heavy atom. The molecule has 2 aromatic rings. The summed E-state index contributed by atoms with van der Waals surface area (Å²) in [7, 11) is 0. The quantitative estimate of drug-likeness (QED) is 0.580. The molecule has 2 heteroatoms. The maximum atomic E-state index is 5.70. The Kier molecular flexibility index (Phi) is 6.12. The lowest BCUT2D eigenvalue weighted by Gasteiger charge is -2.14. The predicted molar refractivity (Wildman–Crippen MR) is 89.5 cm³/mol. The van der Waals surface area contributed by atoms with E-state index in [0.717, 1.165) is 18.8 Å². The molecule has 0 saturated heterocycles. The molecular weight excluding hydrogens is 258 g/mol. The number of benzene rings is 2. The van der Waals surface area contributed by atoms with Gasteiger partial charge in [-0.25, -0.2) is 0 Å². The van der Waals surface area contributed by atoms with Crippen LogP contribution in [-0.4, -0.2) is 13.2 Å². The maximum absolute atomic E-state index is 5.70. The van der Waals surface area contributed by atoms with Crippen molar-refractivity contribution < 1.29 is 4.74 Å². The van der Waals surface area contributed by atoms with E-state index >= 15 is 0 Å². The number of fused-ring (bicyclic) bond motifs is 1. The topological polar surface area (TPSA) is 21.3 Å². The number of hydrogen-bond donors (Lipinski definition) is 1. The number of terminal acetylenes is 1. The summed E-state index contributed by atoms with van der Waals surface area (Å²) in [4.78, 5) is 0. The maximum Gasteiger partial charge on any atom is 0.148 e. The molecule has 0 aromatic heterocycles. The molecule has 0 unspecified atom stereocenters. The summed E-state index contributed by atoms with van der Waals surface area (Å²) in [6.07, 6.45) is 9.02. The summed E-state index contributed by atoms with van der Waals surface area (Å²) in [5.41, 5.74) is 1.19. The summed E-state index contributed by atoms with van der Waals surface area (Å²) in [6, 6.07) is 12.5. The van der Waals surface area contributed by atoms with Crippen LogP contribution < -0.4 is 10.1 Å². The first-order chi connectivity index (χ1) is 10.4. The largest absolute Gasteiger partial charge is 0.481 e. The molecule has 0 bridgehead atoms. The second kappa shape index (κ2) is 8.34. The molecule has 0 aliphatic heterocycles. The fraction of sp³-hybridized carbons (Fsp3) is 0.368. The van der Waals surface area contributed by atoms with Crippen LogP contribution in [0.4, 0.5) is 0 Å². The van der Waals surface area contributed by atoms with Crippen LogP contribution in [0.3, 0.4) is 0 Å². The van der Waals surface area contributed by atoms with Gasteiger partial charge in [0.1, 0.15) is 12.4 Å². The summed E-state index contributed by atoms with van der Waals surface area (Å²) in [5, 5.41) is 5.98. The van der Waals surface area contributed by atoms with Crippen molar-refractivity contribution in [2.75, 3.05) is 13.2 Å². The van der Waals surface area contributed by atoms with Crippen LogP contribution in [0.2, 0.25) is 0 Å². The van der Waals surface area contributed by atoms with Crippen LogP contribution in [-0.2, 0) is 6.54 Å². The number of rotatable bonds is 8. The highest BCUT2D eigenvalue weighted by Gasteiger charge is 2.08. The van der Waals surface area contributed by atoms with Crippen molar-refractivity contribution in [2.45, 2.75) is 32.7 Å². The van der Waals surface area contributed by atoms with Gasteiger partial charge < -0.3 is 10.1 Å². The van der Waals surface area contributed by atoms with Crippen molar-refractivity contribution in [3.05, 3.63) is 42.0 Å². The molecular formula is C19H23NO. The Morgan fingerprint density at radius 1 is 1.14 bits per heavy atom. The molecule has 21 heavy (non-hydrogen) atoms. The molecule has 0 heterocycles. The normalized spacial score (nSPS) is 10.5. The number of unbranched alkanes of at least 4 members (excludes halogenated alkanes) is 2. The molecule has 0 amide bonds. The first-order valence-electron chi connectivity index (χ1n) is 7.64. The molecule has 110 valence electrons. The predicted octanol–water partition coefficient (Wildman–Crippen LogP) is 4.13. The number of hydrogen-bond acceptors (Lipinski definition) is 2. The lowest BCUT2D eigenvalue weighted by molar-refractivity contribution is 0.365. The SMILES string of the molecule is C#CCOc1ccc2ccccc2c1CNCCCCC. The summed E-state index contributed by atoms with van der Waals surface area (Å²) >= 11 is 0. The second-order valence-electron chi connectivity index (χ2n) is 5.14. The summed E-state index contributed by atoms with van der Waals surface area (Å²) in [6.45, 7) is 4.37. The standard InChI is InChI=1S/C19H23NO/c1-3-5-8-13-20-15-18-17-10-7-6-9-16(17)11-12-19(18)21-14-4-2/h2,6-7,9-12,20H,3,5,8,13-15H2,1H3. The minimum Gasteiger partial charge on any atom is -0.481 e. The van der Waals surface area contributed by atoms with E-state index in [2.05, 4.69) is 48.5 Å². The fourth-order valence-electron chi connectivity index (χ4n) is 2.47. The Balaban J connectivity index is 2.17. The lowest BCUT2D eigenvalue weighted by Crippen LogP contribution is -2.15. The molecule has 0 aliphatic rings. The third-order valence-corrected chi connectivity index (χ3v) is 3.57. The van der Waals surface area contributed by atoms with Gasteiger partial charge in [0, 0.05) is 12.1 Å². The zero-order valence-electron chi connectivity index (χ0n) is 12.7. The third kappa shape index (κ3) is 4.24. The van der Waals surface area contributed by atoms with E-state index in [1.165, 1.54) is 35.6 Å². The molecule has 1 N–H and O–H groups in total. The van der Waals surface area contributed by atoms with Crippen LogP contribution >= 0.6 is 0 Å². The lowest BCUT2D eigenvalue weighted by atomic mass is 10.0. The molecule has 2 rings (SSSR count). The first-order valence-corrected chi connectivity index (χ1v) is 7.64. The molecule has 0 aliphatic carbocycles. The third-order valence-electron chi connectivity index (χ3n) is 3.57. The van der Waals surface area contributed by atoms with E-state index in [4.69, 9.17) is 11.2 Å². The smallest absolute Gasteiger partial charge is 0.148 e. The molecule has 0 radical (unpaired) electrons. The van der Waals surface area contributed by atoms with E-state index in [-0.39, 0.29) is 0 Å². The van der Waals surface area contributed by atoms with Crippen LogP contribution in [0.25, 0.3) is 10.8 Å². The van der Waals surface area contributed by atoms with Gasteiger partial charge in [0.2, 0.25) is 0 Å².